The first kappa shape index (κ1) is 21.7. The van der Waals surface area contributed by atoms with Crippen molar-refractivity contribution in [2.75, 3.05) is 0 Å². The molecule has 2 N–H and O–H groups in total. The van der Waals surface area contributed by atoms with E-state index >= 15 is 0 Å². The lowest BCUT2D eigenvalue weighted by Gasteiger charge is -2.16. The van der Waals surface area contributed by atoms with Gasteiger partial charge in [-0.1, -0.05) is 12.1 Å². The normalized spacial score (nSPS) is 13.4. The Bertz CT molecular complexity index is 1220. The summed E-state index contributed by atoms with van der Waals surface area (Å²) in [7, 11) is -4.08. The molecule has 0 amide bonds. The van der Waals surface area contributed by atoms with Gasteiger partial charge in [-0.3, -0.25) is 0 Å². The van der Waals surface area contributed by atoms with Crippen molar-refractivity contribution in [3.05, 3.63) is 59.4 Å². The average Bonchev–Trinajstić information content (AvgIpc) is 2.97. The molecule has 30 heavy (non-hydrogen) atoms. The summed E-state index contributed by atoms with van der Waals surface area (Å²) in [6.07, 6.45) is -4.87. The van der Waals surface area contributed by atoms with Gasteiger partial charge in [0.1, 0.15) is 11.3 Å². The third kappa shape index (κ3) is 4.57. The van der Waals surface area contributed by atoms with Gasteiger partial charge in [-0.05, 0) is 49.7 Å². The summed E-state index contributed by atoms with van der Waals surface area (Å²) >= 11 is 0. The highest BCUT2D eigenvalue weighted by atomic mass is 32.2. The highest BCUT2D eigenvalue weighted by Gasteiger charge is 2.31. The number of halogens is 3. The molecule has 1 aromatic heterocycles. The van der Waals surface area contributed by atoms with Crippen LogP contribution >= 0.6 is 0 Å². The number of aromatic carboxylic acids is 1. The molecule has 0 radical (unpaired) electrons. The van der Waals surface area contributed by atoms with Gasteiger partial charge in [0.05, 0.1) is 4.90 Å². The number of carboxylic acids is 1. The second-order valence-electron chi connectivity index (χ2n) is 6.48. The van der Waals surface area contributed by atoms with E-state index in [4.69, 9.17) is 9.52 Å². The van der Waals surface area contributed by atoms with Crippen molar-refractivity contribution in [1.29, 1.82) is 0 Å². The zero-order valence-electron chi connectivity index (χ0n) is 15.6. The van der Waals surface area contributed by atoms with Crippen LogP contribution in [0.4, 0.5) is 13.2 Å². The number of alkyl halides is 3. The number of carbonyl (C=O) groups is 1. The summed E-state index contributed by atoms with van der Waals surface area (Å²) < 4.78 is 74.2. The summed E-state index contributed by atoms with van der Waals surface area (Å²) in [5, 5.41) is 9.45. The number of furan rings is 1. The number of carboxylic acid groups (broad SMARTS) is 1. The van der Waals surface area contributed by atoms with Crippen LogP contribution in [0, 0.1) is 6.92 Å². The molecule has 1 heterocycles. The molecule has 7 nitrogen and oxygen atoms in total. The van der Waals surface area contributed by atoms with Crippen molar-refractivity contribution in [1.82, 2.24) is 4.72 Å². The molecule has 0 aliphatic heterocycles. The molecule has 11 heteroatoms. The van der Waals surface area contributed by atoms with E-state index in [9.17, 15) is 26.4 Å². The third-order valence-electron chi connectivity index (χ3n) is 4.34. The molecule has 0 bridgehead atoms. The summed E-state index contributed by atoms with van der Waals surface area (Å²) in [6, 6.07) is 7.95. The zero-order chi connectivity index (χ0) is 22.3. The van der Waals surface area contributed by atoms with Crippen LogP contribution in [0.2, 0.25) is 0 Å². The molecule has 0 saturated heterocycles. The second kappa shape index (κ2) is 7.65. The van der Waals surface area contributed by atoms with Gasteiger partial charge in [-0.15, -0.1) is 13.2 Å². The molecule has 3 rings (SSSR count). The number of sulfonamides is 1. The van der Waals surface area contributed by atoms with Crippen LogP contribution in [0.15, 0.2) is 51.8 Å². The highest BCUT2D eigenvalue weighted by molar-refractivity contribution is 7.89. The lowest BCUT2D eigenvalue weighted by Crippen LogP contribution is -2.27. The quantitative estimate of drug-likeness (QED) is 0.586. The Morgan fingerprint density at radius 1 is 1.20 bits per heavy atom. The van der Waals surface area contributed by atoms with Crippen molar-refractivity contribution in [2.24, 2.45) is 0 Å². The van der Waals surface area contributed by atoms with E-state index in [0.29, 0.717) is 5.39 Å². The molecule has 0 fully saturated rings. The SMILES string of the molecule is Cc1c(C(=O)O)oc2ccc(S(=O)(=O)NC(C)c3cccc(OC(F)(F)F)c3)cc12. The minimum atomic E-state index is -4.87. The Labute approximate surface area is 169 Å². The molecule has 0 aliphatic carbocycles. The monoisotopic (exact) mass is 443 g/mol. The average molecular weight is 443 g/mol. The largest absolute Gasteiger partial charge is 0.573 e. The smallest absolute Gasteiger partial charge is 0.475 e. The van der Waals surface area contributed by atoms with Crippen LogP contribution in [0.5, 0.6) is 5.75 Å². The topological polar surface area (TPSA) is 106 Å². The summed E-state index contributed by atoms with van der Waals surface area (Å²) in [6.45, 7) is 2.96. The van der Waals surface area contributed by atoms with Crippen LogP contribution in [-0.4, -0.2) is 25.9 Å². The molecule has 1 unspecified atom stereocenters. The molecule has 160 valence electrons. The molecule has 2 aromatic carbocycles. The number of fused-ring (bicyclic) bond motifs is 1. The number of benzene rings is 2. The van der Waals surface area contributed by atoms with E-state index < -0.39 is 34.1 Å². The fourth-order valence-corrected chi connectivity index (χ4v) is 4.18. The number of hydrogen-bond donors (Lipinski definition) is 2. The summed E-state index contributed by atoms with van der Waals surface area (Å²) in [4.78, 5) is 11.0. The lowest BCUT2D eigenvalue weighted by molar-refractivity contribution is -0.274. The van der Waals surface area contributed by atoms with E-state index in [1.807, 2.05) is 0 Å². The maximum Gasteiger partial charge on any atom is 0.573 e. The molecular weight excluding hydrogens is 427 g/mol. The number of rotatable bonds is 6. The minimum absolute atomic E-state index is 0.148. The zero-order valence-corrected chi connectivity index (χ0v) is 16.5. The molecule has 0 saturated carbocycles. The van der Waals surface area contributed by atoms with Gasteiger partial charge in [0.2, 0.25) is 15.8 Å². The fraction of sp³-hybridized carbons (Fsp3) is 0.211. The van der Waals surface area contributed by atoms with E-state index in [1.54, 1.807) is 0 Å². The van der Waals surface area contributed by atoms with Crippen LogP contribution < -0.4 is 9.46 Å². The van der Waals surface area contributed by atoms with Crippen LogP contribution in [0.1, 0.15) is 34.6 Å². The first-order valence-electron chi connectivity index (χ1n) is 8.52. The Morgan fingerprint density at radius 2 is 1.90 bits per heavy atom. The number of aryl methyl sites for hydroxylation is 1. The number of nitrogens with one attached hydrogen (secondary N) is 1. The van der Waals surface area contributed by atoms with Crippen LogP contribution in [0.3, 0.4) is 0 Å². The van der Waals surface area contributed by atoms with Gasteiger partial charge in [-0.25, -0.2) is 17.9 Å². The summed E-state index contributed by atoms with van der Waals surface area (Å²) in [5.41, 5.74) is 0.752. The van der Waals surface area contributed by atoms with Gasteiger partial charge >= 0.3 is 12.3 Å². The van der Waals surface area contributed by atoms with E-state index in [-0.39, 0.29) is 27.4 Å². The van der Waals surface area contributed by atoms with Gasteiger partial charge < -0.3 is 14.3 Å². The van der Waals surface area contributed by atoms with Crippen LogP contribution in [-0.2, 0) is 10.0 Å². The second-order valence-corrected chi connectivity index (χ2v) is 8.20. The van der Waals surface area contributed by atoms with Crippen molar-refractivity contribution in [3.8, 4) is 5.75 Å². The Kier molecular flexibility index (Phi) is 5.52. The summed E-state index contributed by atoms with van der Waals surface area (Å²) in [5.74, 6) is -2.04. The number of ether oxygens (including phenoxy) is 1. The van der Waals surface area contributed by atoms with E-state index in [2.05, 4.69) is 9.46 Å². The maximum atomic E-state index is 12.8. The Morgan fingerprint density at radius 3 is 2.53 bits per heavy atom. The van der Waals surface area contributed by atoms with Gasteiger partial charge in [-0.2, -0.15) is 0 Å². The molecule has 0 aliphatic rings. The minimum Gasteiger partial charge on any atom is -0.475 e. The predicted octanol–water partition coefficient (Wildman–Crippen LogP) is 4.38. The van der Waals surface area contributed by atoms with Crippen LogP contribution in [0.25, 0.3) is 11.0 Å². The Hall–Kier alpha value is -3.05. The van der Waals surface area contributed by atoms with Crippen molar-refractivity contribution in [3.63, 3.8) is 0 Å². The first-order valence-corrected chi connectivity index (χ1v) is 10.0. The molecule has 1 atom stereocenters. The third-order valence-corrected chi connectivity index (χ3v) is 5.87. The predicted molar refractivity (Wildman–Crippen MR) is 99.8 cm³/mol. The van der Waals surface area contributed by atoms with E-state index in [1.165, 1.54) is 44.2 Å². The Balaban J connectivity index is 1.88. The van der Waals surface area contributed by atoms with Gasteiger partial charge in [0, 0.05) is 17.0 Å². The molecular formula is C19H16F3NO6S. The lowest BCUT2D eigenvalue weighted by atomic mass is 10.1. The van der Waals surface area contributed by atoms with Crippen molar-refractivity contribution in [2.45, 2.75) is 31.1 Å². The molecule has 0 spiro atoms. The standard InChI is InChI=1S/C19H16F3NO6S/c1-10-15-9-14(6-7-16(15)28-17(10)18(24)25)30(26,27)23-11(2)12-4-3-5-13(8-12)29-19(20,21)22/h3-9,11,23H,1-2H3,(H,24,25). The first-order chi connectivity index (χ1) is 13.9. The highest BCUT2D eigenvalue weighted by Crippen LogP contribution is 2.29. The van der Waals surface area contributed by atoms with Crippen molar-refractivity contribution < 1.29 is 40.6 Å². The maximum absolute atomic E-state index is 12.8. The van der Waals surface area contributed by atoms with E-state index in [0.717, 1.165) is 12.1 Å². The van der Waals surface area contributed by atoms with Gasteiger partial charge in [0.25, 0.3) is 0 Å². The molecule has 3 aromatic rings. The van der Waals surface area contributed by atoms with Crippen molar-refractivity contribution >= 4 is 27.0 Å². The fourth-order valence-electron chi connectivity index (χ4n) is 2.92. The number of hydrogen-bond acceptors (Lipinski definition) is 5. The van der Waals surface area contributed by atoms with Gasteiger partial charge in [0.15, 0.2) is 0 Å².